The lowest BCUT2D eigenvalue weighted by Crippen LogP contribution is -2.48. The zero-order valence-corrected chi connectivity index (χ0v) is 16.6. The van der Waals surface area contributed by atoms with E-state index in [1.807, 2.05) is 6.92 Å². The monoisotopic (exact) mass is 423 g/mol. The Morgan fingerprint density at radius 1 is 1.30 bits per heavy atom. The predicted molar refractivity (Wildman–Crippen MR) is 104 cm³/mol. The van der Waals surface area contributed by atoms with Gasteiger partial charge in [0.05, 0.1) is 4.92 Å². The molecule has 11 nitrogen and oxygen atoms in total. The van der Waals surface area contributed by atoms with Crippen molar-refractivity contribution in [3.8, 4) is 12.3 Å². The maximum atomic E-state index is 12.5. The molecule has 0 aliphatic rings. The van der Waals surface area contributed by atoms with E-state index in [9.17, 15) is 24.9 Å². The Hall–Kier alpha value is -3.04. The quantitative estimate of drug-likeness (QED) is 0.114. The number of benzene rings is 1. The van der Waals surface area contributed by atoms with Gasteiger partial charge in [0.15, 0.2) is 0 Å². The van der Waals surface area contributed by atoms with Crippen molar-refractivity contribution >= 4 is 17.5 Å². The first-order valence-corrected chi connectivity index (χ1v) is 9.13. The molecule has 11 heteroatoms. The summed E-state index contributed by atoms with van der Waals surface area (Å²) in [6, 6.07) is 3.82. The van der Waals surface area contributed by atoms with Crippen LogP contribution in [-0.2, 0) is 19.0 Å². The topological polar surface area (TPSA) is 140 Å². The summed E-state index contributed by atoms with van der Waals surface area (Å²) in [4.78, 5) is 35.1. The Balaban J connectivity index is 2.74. The molecule has 0 heterocycles. The number of amides is 2. The average molecular weight is 423 g/mol. The van der Waals surface area contributed by atoms with Crippen molar-refractivity contribution in [2.75, 3.05) is 33.3 Å². The van der Waals surface area contributed by atoms with E-state index in [2.05, 4.69) is 11.2 Å². The molecule has 0 saturated carbocycles. The Morgan fingerprint density at radius 3 is 2.60 bits per heavy atom. The van der Waals surface area contributed by atoms with Crippen LogP contribution in [0.5, 0.6) is 0 Å². The smallest absolute Gasteiger partial charge is 0.270 e. The van der Waals surface area contributed by atoms with Crippen LogP contribution in [0.15, 0.2) is 24.3 Å². The lowest BCUT2D eigenvalue weighted by molar-refractivity contribution is -0.384. The Kier molecular flexibility index (Phi) is 11.7. The number of carbonyl (C=O) groups is 2. The van der Waals surface area contributed by atoms with Gasteiger partial charge >= 0.3 is 0 Å². The summed E-state index contributed by atoms with van der Waals surface area (Å²) in [6.45, 7) is 2.14. The Bertz CT molecular complexity index is 732. The number of hydrogen-bond donors (Lipinski definition) is 2. The second-order valence-corrected chi connectivity index (χ2v) is 5.91. The molecule has 0 aliphatic heterocycles. The molecule has 0 radical (unpaired) electrons. The van der Waals surface area contributed by atoms with E-state index in [4.69, 9.17) is 20.6 Å². The van der Waals surface area contributed by atoms with Crippen LogP contribution in [0.4, 0.5) is 5.69 Å². The van der Waals surface area contributed by atoms with Gasteiger partial charge in [-0.2, -0.15) is 5.06 Å². The fourth-order valence-electron chi connectivity index (χ4n) is 2.26. The third-order valence-electron chi connectivity index (χ3n) is 3.75. The van der Waals surface area contributed by atoms with Crippen LogP contribution in [0.2, 0.25) is 0 Å². The second kappa shape index (κ2) is 14.0. The van der Waals surface area contributed by atoms with Gasteiger partial charge in [-0.15, -0.1) is 6.42 Å². The van der Waals surface area contributed by atoms with Crippen molar-refractivity contribution in [3.05, 3.63) is 39.9 Å². The first-order valence-electron chi connectivity index (χ1n) is 9.13. The number of ether oxygens (including phenoxy) is 3. The molecule has 0 spiro atoms. The Morgan fingerprint density at radius 2 is 2.00 bits per heavy atom. The standard InChI is InChI=1S/C19H25N3O8/c1-3-11-29-13-21(25)19(24)17(6-5-12-30-14-28-4-2)20-18(23)15-7-9-16(10-8-15)22(26)27/h1,7-10,17,25H,4-6,11-14H2,2H3,(H,20,23)/t17-/m1/s1. The highest BCUT2D eigenvalue weighted by Gasteiger charge is 2.26. The van der Waals surface area contributed by atoms with Gasteiger partial charge in [0.25, 0.3) is 17.5 Å². The number of nitrogens with zero attached hydrogens (tertiary/aromatic N) is 2. The van der Waals surface area contributed by atoms with Crippen LogP contribution in [0.3, 0.4) is 0 Å². The number of rotatable bonds is 14. The maximum absolute atomic E-state index is 12.5. The highest BCUT2D eigenvalue weighted by atomic mass is 16.7. The van der Waals surface area contributed by atoms with E-state index in [0.717, 1.165) is 0 Å². The molecular formula is C19H25N3O8. The molecule has 1 rings (SSSR count). The van der Waals surface area contributed by atoms with Crippen molar-refractivity contribution in [1.29, 1.82) is 0 Å². The number of nitrogens with one attached hydrogen (secondary N) is 1. The molecule has 1 aromatic carbocycles. The fraction of sp³-hybridized carbons (Fsp3) is 0.474. The molecule has 1 aromatic rings. The van der Waals surface area contributed by atoms with Gasteiger partial charge < -0.3 is 19.5 Å². The van der Waals surface area contributed by atoms with E-state index >= 15 is 0 Å². The molecule has 0 bridgehead atoms. The minimum atomic E-state index is -1.08. The number of nitro groups is 1. The highest BCUT2D eigenvalue weighted by molar-refractivity contribution is 5.97. The zero-order valence-electron chi connectivity index (χ0n) is 16.6. The third-order valence-corrected chi connectivity index (χ3v) is 3.75. The summed E-state index contributed by atoms with van der Waals surface area (Å²) in [5.41, 5.74) is -0.0446. The molecule has 0 fully saturated rings. The van der Waals surface area contributed by atoms with Gasteiger partial charge in [0, 0.05) is 30.9 Å². The van der Waals surface area contributed by atoms with E-state index < -0.39 is 29.5 Å². The summed E-state index contributed by atoms with van der Waals surface area (Å²) in [6.07, 6.45) is 5.60. The maximum Gasteiger partial charge on any atom is 0.270 e. The molecule has 2 amide bonds. The zero-order chi connectivity index (χ0) is 22.4. The molecular weight excluding hydrogens is 398 g/mol. The van der Waals surface area contributed by atoms with Gasteiger partial charge in [-0.25, -0.2) is 0 Å². The number of nitro benzene ring substituents is 1. The van der Waals surface area contributed by atoms with Crippen molar-refractivity contribution in [3.63, 3.8) is 0 Å². The van der Waals surface area contributed by atoms with E-state index in [-0.39, 0.29) is 37.7 Å². The van der Waals surface area contributed by atoms with Crippen LogP contribution < -0.4 is 5.32 Å². The normalized spacial score (nSPS) is 11.4. The Labute approximate surface area is 174 Å². The number of non-ortho nitro benzene ring substituents is 1. The average Bonchev–Trinajstić information content (AvgIpc) is 2.74. The van der Waals surface area contributed by atoms with E-state index in [1.54, 1.807) is 0 Å². The molecule has 0 aromatic heterocycles. The summed E-state index contributed by atoms with van der Waals surface area (Å²) in [5, 5.41) is 23.4. The summed E-state index contributed by atoms with van der Waals surface area (Å²) < 4.78 is 15.2. The van der Waals surface area contributed by atoms with Crippen molar-refractivity contribution in [2.45, 2.75) is 25.8 Å². The third kappa shape index (κ3) is 8.97. The second-order valence-electron chi connectivity index (χ2n) is 5.91. The fourth-order valence-corrected chi connectivity index (χ4v) is 2.26. The molecule has 164 valence electrons. The summed E-state index contributed by atoms with van der Waals surface area (Å²) in [7, 11) is 0. The number of hydroxylamine groups is 2. The largest absolute Gasteiger partial charge is 0.356 e. The van der Waals surface area contributed by atoms with Gasteiger partial charge in [-0.05, 0) is 31.9 Å². The molecule has 0 saturated heterocycles. The molecule has 30 heavy (non-hydrogen) atoms. The molecule has 1 atom stereocenters. The van der Waals surface area contributed by atoms with Crippen LogP contribution >= 0.6 is 0 Å². The molecule has 0 unspecified atom stereocenters. The van der Waals surface area contributed by atoms with Gasteiger partial charge in [0.2, 0.25) is 0 Å². The van der Waals surface area contributed by atoms with Gasteiger partial charge in [0.1, 0.15) is 26.2 Å². The van der Waals surface area contributed by atoms with Gasteiger partial charge in [-0.1, -0.05) is 5.92 Å². The predicted octanol–water partition coefficient (Wildman–Crippen LogP) is 1.31. The minimum Gasteiger partial charge on any atom is -0.356 e. The van der Waals surface area contributed by atoms with Crippen LogP contribution in [-0.4, -0.2) is 66.4 Å². The number of hydrogen-bond acceptors (Lipinski definition) is 8. The van der Waals surface area contributed by atoms with E-state index in [0.29, 0.717) is 18.1 Å². The number of carbonyl (C=O) groups excluding carboxylic acids is 2. The van der Waals surface area contributed by atoms with Crippen LogP contribution in [0.25, 0.3) is 0 Å². The first-order chi connectivity index (χ1) is 14.4. The van der Waals surface area contributed by atoms with Crippen LogP contribution in [0.1, 0.15) is 30.1 Å². The molecule has 2 N–H and O–H groups in total. The van der Waals surface area contributed by atoms with Crippen LogP contribution in [0, 0.1) is 22.5 Å². The van der Waals surface area contributed by atoms with Crippen molar-refractivity contribution < 1.29 is 33.9 Å². The number of terminal acetylenes is 1. The summed E-state index contributed by atoms with van der Waals surface area (Å²) in [5.74, 6) is 0.771. The molecule has 0 aliphatic carbocycles. The lowest BCUT2D eigenvalue weighted by Gasteiger charge is -2.22. The highest BCUT2D eigenvalue weighted by Crippen LogP contribution is 2.12. The van der Waals surface area contributed by atoms with Crippen molar-refractivity contribution in [1.82, 2.24) is 10.4 Å². The SMILES string of the molecule is C#CCOCN(O)C(=O)[C@@H](CCCOCOCC)NC(=O)c1ccc([N+](=O)[O-])cc1. The first kappa shape index (κ1) is 25.0. The van der Waals surface area contributed by atoms with Crippen molar-refractivity contribution in [2.24, 2.45) is 0 Å². The van der Waals surface area contributed by atoms with Gasteiger partial charge in [-0.3, -0.25) is 24.9 Å². The minimum absolute atomic E-state index is 0.102. The lowest BCUT2D eigenvalue weighted by atomic mass is 10.1. The van der Waals surface area contributed by atoms with E-state index in [1.165, 1.54) is 24.3 Å². The summed E-state index contributed by atoms with van der Waals surface area (Å²) >= 11 is 0.